The van der Waals surface area contributed by atoms with Crippen molar-refractivity contribution in [1.82, 2.24) is 0 Å². The minimum absolute atomic E-state index is 0.0679. The molecule has 3 rings (SSSR count). The van der Waals surface area contributed by atoms with Gasteiger partial charge in [-0.3, -0.25) is 0 Å². The van der Waals surface area contributed by atoms with E-state index in [9.17, 15) is 9.90 Å². The van der Waals surface area contributed by atoms with Crippen LogP contribution >= 0.6 is 0 Å². The molecule has 0 saturated carbocycles. The molecule has 0 saturated heterocycles. The first-order chi connectivity index (χ1) is 8.63. The molecule has 1 atom stereocenters. The lowest BCUT2D eigenvalue weighted by molar-refractivity contribution is 0.0420. The van der Waals surface area contributed by atoms with Gasteiger partial charge in [0.2, 0.25) is 0 Å². The number of cyclic esters (lactones) is 1. The van der Waals surface area contributed by atoms with E-state index in [1.54, 1.807) is 26.2 Å². The summed E-state index contributed by atoms with van der Waals surface area (Å²) in [5, 5.41) is 11.7. The van der Waals surface area contributed by atoms with Crippen molar-refractivity contribution in [3.63, 3.8) is 0 Å². The number of carbonyl (C=O) groups is 1. The highest BCUT2D eigenvalue weighted by molar-refractivity contribution is 6.04. The Balaban J connectivity index is 2.44. The zero-order chi connectivity index (χ0) is 12.9. The second-order valence-corrected chi connectivity index (χ2v) is 4.29. The number of fused-ring (bicyclic) bond motifs is 2. The molecule has 0 fully saturated rings. The zero-order valence-electron chi connectivity index (χ0n) is 10.1. The van der Waals surface area contributed by atoms with Crippen molar-refractivity contribution in [2.45, 2.75) is 13.0 Å². The number of phenols is 1. The fraction of sp³-hybridized carbons (Fsp3) is 0.214. The predicted molar refractivity (Wildman–Crippen MR) is 66.0 cm³/mol. The van der Waals surface area contributed by atoms with Gasteiger partial charge < -0.3 is 14.6 Å². The first-order valence-corrected chi connectivity index (χ1v) is 5.67. The highest BCUT2D eigenvalue weighted by Gasteiger charge is 2.32. The van der Waals surface area contributed by atoms with Gasteiger partial charge in [-0.25, -0.2) is 4.79 Å². The van der Waals surface area contributed by atoms with Gasteiger partial charge in [-0.1, -0.05) is 12.1 Å². The Labute approximate surface area is 104 Å². The fourth-order valence-corrected chi connectivity index (χ4v) is 2.45. The summed E-state index contributed by atoms with van der Waals surface area (Å²) in [7, 11) is 1.55. The quantitative estimate of drug-likeness (QED) is 0.784. The van der Waals surface area contributed by atoms with Crippen molar-refractivity contribution >= 4 is 16.7 Å². The third-order valence-corrected chi connectivity index (χ3v) is 3.27. The van der Waals surface area contributed by atoms with Crippen LogP contribution in [0.1, 0.15) is 28.9 Å². The average molecular weight is 244 g/mol. The fourth-order valence-electron chi connectivity index (χ4n) is 2.45. The van der Waals surface area contributed by atoms with Crippen molar-refractivity contribution < 1.29 is 19.4 Å². The molecule has 0 radical (unpaired) electrons. The summed E-state index contributed by atoms with van der Waals surface area (Å²) in [5.74, 6) is 0.259. The molecule has 4 nitrogen and oxygen atoms in total. The molecule has 92 valence electrons. The summed E-state index contributed by atoms with van der Waals surface area (Å²) in [6, 6.07) is 7.15. The monoisotopic (exact) mass is 244 g/mol. The average Bonchev–Trinajstić information content (AvgIpc) is 2.64. The molecule has 0 unspecified atom stereocenters. The van der Waals surface area contributed by atoms with Crippen LogP contribution in [-0.2, 0) is 4.74 Å². The number of rotatable bonds is 1. The Morgan fingerprint density at radius 1 is 1.39 bits per heavy atom. The van der Waals surface area contributed by atoms with Gasteiger partial charge in [-0.15, -0.1) is 0 Å². The van der Waals surface area contributed by atoms with E-state index in [0.717, 1.165) is 5.39 Å². The van der Waals surface area contributed by atoms with Crippen molar-refractivity contribution in [3.05, 3.63) is 35.4 Å². The Hall–Kier alpha value is -2.23. The smallest absolute Gasteiger partial charge is 0.339 e. The molecule has 18 heavy (non-hydrogen) atoms. The zero-order valence-corrected chi connectivity index (χ0v) is 10.1. The summed E-state index contributed by atoms with van der Waals surface area (Å²) in [4.78, 5) is 11.7. The predicted octanol–water partition coefficient (Wildman–Crippen LogP) is 2.79. The molecule has 0 amide bonds. The standard InChI is InChI=1S/C14H12O4/c1-7-11-9(14(16)18-7)6-8-4-3-5-10(17-2)12(8)13(11)15/h3-7,15H,1-2H3/t7-/m1/s1. The van der Waals surface area contributed by atoms with Gasteiger partial charge >= 0.3 is 5.97 Å². The van der Waals surface area contributed by atoms with Crippen LogP contribution in [0.4, 0.5) is 0 Å². The van der Waals surface area contributed by atoms with Crippen molar-refractivity contribution in [3.8, 4) is 11.5 Å². The van der Waals surface area contributed by atoms with E-state index in [4.69, 9.17) is 9.47 Å². The number of esters is 1. The number of phenolic OH excluding ortho intramolecular Hbond substituents is 1. The molecule has 0 spiro atoms. The number of ether oxygens (including phenoxy) is 2. The maximum absolute atomic E-state index is 11.7. The molecular formula is C14H12O4. The Bertz CT molecular complexity index is 660. The minimum Gasteiger partial charge on any atom is -0.507 e. The molecule has 1 aliphatic heterocycles. The highest BCUT2D eigenvalue weighted by Crippen LogP contribution is 2.44. The maximum Gasteiger partial charge on any atom is 0.339 e. The van der Waals surface area contributed by atoms with Gasteiger partial charge in [0, 0.05) is 5.56 Å². The maximum atomic E-state index is 11.7. The van der Waals surface area contributed by atoms with Crippen molar-refractivity contribution in [2.24, 2.45) is 0 Å². The van der Waals surface area contributed by atoms with E-state index in [1.807, 2.05) is 12.1 Å². The van der Waals surface area contributed by atoms with E-state index < -0.39 is 12.1 Å². The lowest BCUT2D eigenvalue weighted by atomic mass is 9.97. The third kappa shape index (κ3) is 1.29. The molecular weight excluding hydrogens is 232 g/mol. The lowest BCUT2D eigenvalue weighted by Crippen LogP contribution is -1.94. The summed E-state index contributed by atoms with van der Waals surface area (Å²) < 4.78 is 10.4. The van der Waals surface area contributed by atoms with Crippen LogP contribution in [-0.4, -0.2) is 18.2 Å². The first-order valence-electron chi connectivity index (χ1n) is 5.67. The van der Waals surface area contributed by atoms with Gasteiger partial charge in [0.1, 0.15) is 17.6 Å². The molecule has 0 aliphatic carbocycles. The van der Waals surface area contributed by atoms with E-state index in [2.05, 4.69) is 0 Å². The number of carbonyl (C=O) groups excluding carboxylic acids is 1. The summed E-state index contributed by atoms with van der Waals surface area (Å²) in [5.41, 5.74) is 0.970. The topological polar surface area (TPSA) is 55.8 Å². The minimum atomic E-state index is -0.429. The van der Waals surface area contributed by atoms with Gasteiger partial charge in [-0.05, 0) is 24.4 Å². The second-order valence-electron chi connectivity index (χ2n) is 4.29. The normalized spacial score (nSPS) is 17.7. The molecule has 0 bridgehead atoms. The van der Waals surface area contributed by atoms with Gasteiger partial charge in [0.25, 0.3) is 0 Å². The van der Waals surface area contributed by atoms with Crippen molar-refractivity contribution in [2.75, 3.05) is 7.11 Å². The SMILES string of the molecule is COc1cccc2cc3c(c(O)c12)[C@@H](C)OC3=O. The van der Waals surface area contributed by atoms with E-state index in [1.165, 1.54) is 0 Å². The number of methoxy groups -OCH3 is 1. The van der Waals surface area contributed by atoms with Gasteiger partial charge in [-0.2, -0.15) is 0 Å². The summed E-state index contributed by atoms with van der Waals surface area (Å²) in [6.45, 7) is 1.74. The molecule has 4 heteroatoms. The molecule has 1 N–H and O–H groups in total. The van der Waals surface area contributed by atoms with E-state index in [-0.39, 0.29) is 5.75 Å². The van der Waals surface area contributed by atoms with Gasteiger partial charge in [0.05, 0.1) is 18.1 Å². The third-order valence-electron chi connectivity index (χ3n) is 3.27. The van der Waals surface area contributed by atoms with Crippen LogP contribution in [0.2, 0.25) is 0 Å². The largest absolute Gasteiger partial charge is 0.507 e. The van der Waals surface area contributed by atoms with Crippen LogP contribution in [0.5, 0.6) is 11.5 Å². The molecule has 1 aliphatic rings. The van der Waals surface area contributed by atoms with Crippen molar-refractivity contribution in [1.29, 1.82) is 0 Å². The van der Waals surface area contributed by atoms with Gasteiger partial charge in [0.15, 0.2) is 0 Å². The molecule has 0 aromatic heterocycles. The number of hydrogen-bond acceptors (Lipinski definition) is 4. The van der Waals surface area contributed by atoms with Crippen LogP contribution in [0.25, 0.3) is 10.8 Å². The summed E-state index contributed by atoms with van der Waals surface area (Å²) >= 11 is 0. The van der Waals surface area contributed by atoms with Crippen LogP contribution in [0.15, 0.2) is 24.3 Å². The molecule has 1 heterocycles. The van der Waals surface area contributed by atoms with E-state index >= 15 is 0 Å². The number of hydrogen-bond donors (Lipinski definition) is 1. The Kier molecular flexibility index (Phi) is 2.20. The second kappa shape index (κ2) is 3.63. The molecule has 2 aromatic rings. The Morgan fingerprint density at radius 3 is 2.89 bits per heavy atom. The number of benzene rings is 2. The van der Waals surface area contributed by atoms with E-state index in [0.29, 0.717) is 22.3 Å². The summed E-state index contributed by atoms with van der Waals surface area (Å²) in [6.07, 6.45) is -0.429. The lowest BCUT2D eigenvalue weighted by Gasteiger charge is -2.11. The first kappa shape index (κ1) is 10.9. The molecule has 2 aromatic carbocycles. The highest BCUT2D eigenvalue weighted by atomic mass is 16.5. The number of aromatic hydroxyl groups is 1. The van der Waals surface area contributed by atoms with Crippen LogP contribution in [0.3, 0.4) is 0 Å². The van der Waals surface area contributed by atoms with Crippen LogP contribution < -0.4 is 4.74 Å². The Morgan fingerprint density at radius 2 is 2.17 bits per heavy atom. The van der Waals surface area contributed by atoms with Crippen LogP contribution in [0, 0.1) is 0 Å².